The molecule has 158 valence electrons. The fraction of sp³-hybridized carbons (Fsp3) is 0.409. The van der Waals surface area contributed by atoms with Crippen molar-refractivity contribution in [3.05, 3.63) is 41.5 Å². The quantitative estimate of drug-likeness (QED) is 0.660. The molecule has 0 radical (unpaired) electrons. The number of methoxy groups -OCH3 is 3. The van der Waals surface area contributed by atoms with Gasteiger partial charge in [-0.25, -0.2) is 4.79 Å². The third-order valence-corrected chi connectivity index (χ3v) is 4.74. The average Bonchev–Trinajstić information content (AvgIpc) is 2.74. The van der Waals surface area contributed by atoms with E-state index in [0.29, 0.717) is 28.5 Å². The fourth-order valence-electron chi connectivity index (χ4n) is 3.08. The summed E-state index contributed by atoms with van der Waals surface area (Å²) in [4.78, 5) is 14.6. The molecule has 0 fully saturated rings. The van der Waals surface area contributed by atoms with E-state index in [-0.39, 0.29) is 6.61 Å². The van der Waals surface area contributed by atoms with Crippen LogP contribution in [0.4, 0.5) is 16.2 Å². The summed E-state index contributed by atoms with van der Waals surface area (Å²) in [5.41, 5.74) is 3.42. The summed E-state index contributed by atoms with van der Waals surface area (Å²) in [5.74, 6) is 1.64. The molecule has 0 aliphatic carbocycles. The number of aryl methyl sites for hydroxylation is 1. The minimum Gasteiger partial charge on any atom is -0.496 e. The first kappa shape index (κ1) is 22.2. The lowest BCUT2D eigenvalue weighted by Crippen LogP contribution is -2.22. The highest BCUT2D eigenvalue weighted by molar-refractivity contribution is 5.86. The summed E-state index contributed by atoms with van der Waals surface area (Å²) < 4.78 is 21.4. The standard InChI is InChI=1S/C22H30N2O5/c1-7-24(8-2)16-9-10-19(15(3)11-16)23-22(25)29-14-18-20(27-5)12-17(26-4)13-21(18)28-6/h9-13H,7-8,14H2,1-6H3,(H,23,25). The number of carbonyl (C=O) groups is 1. The van der Waals surface area contributed by atoms with Gasteiger partial charge in [-0.1, -0.05) is 0 Å². The summed E-state index contributed by atoms with van der Waals surface area (Å²) in [6.45, 7) is 8.04. The summed E-state index contributed by atoms with van der Waals surface area (Å²) in [5, 5.41) is 2.79. The molecular weight excluding hydrogens is 372 g/mol. The third kappa shape index (κ3) is 5.47. The molecule has 7 heteroatoms. The smallest absolute Gasteiger partial charge is 0.411 e. The van der Waals surface area contributed by atoms with Gasteiger partial charge in [0.2, 0.25) is 0 Å². The molecule has 0 saturated heterocycles. The molecule has 1 N–H and O–H groups in total. The zero-order chi connectivity index (χ0) is 21.4. The van der Waals surface area contributed by atoms with Gasteiger partial charge in [-0.3, -0.25) is 5.32 Å². The van der Waals surface area contributed by atoms with Crippen LogP contribution >= 0.6 is 0 Å². The Hall–Kier alpha value is -3.09. The summed E-state index contributed by atoms with van der Waals surface area (Å²) in [6, 6.07) is 9.37. The van der Waals surface area contributed by atoms with Gasteiger partial charge in [0.05, 0.1) is 26.9 Å². The highest BCUT2D eigenvalue weighted by Crippen LogP contribution is 2.34. The fourth-order valence-corrected chi connectivity index (χ4v) is 3.08. The Morgan fingerprint density at radius 3 is 2.07 bits per heavy atom. The average molecular weight is 402 g/mol. The molecule has 0 heterocycles. The highest BCUT2D eigenvalue weighted by Gasteiger charge is 2.16. The Kier molecular flexibility index (Phi) is 8.00. The lowest BCUT2D eigenvalue weighted by atomic mass is 10.1. The van der Waals surface area contributed by atoms with Crippen LogP contribution in [0.15, 0.2) is 30.3 Å². The maximum absolute atomic E-state index is 12.3. The second-order valence-electron chi connectivity index (χ2n) is 6.38. The Morgan fingerprint density at radius 2 is 1.59 bits per heavy atom. The molecular formula is C22H30N2O5. The molecule has 0 saturated carbocycles. The number of anilines is 2. The number of amides is 1. The predicted octanol–water partition coefficient (Wildman–Crippen LogP) is 4.62. The van der Waals surface area contributed by atoms with E-state index in [1.807, 2.05) is 19.1 Å². The Bertz CT molecular complexity index is 809. The van der Waals surface area contributed by atoms with Gasteiger partial charge in [0.15, 0.2) is 0 Å². The van der Waals surface area contributed by atoms with E-state index in [4.69, 9.17) is 18.9 Å². The lowest BCUT2D eigenvalue weighted by molar-refractivity contribution is 0.152. The van der Waals surface area contributed by atoms with Crippen LogP contribution in [0, 0.1) is 6.92 Å². The van der Waals surface area contributed by atoms with Crippen LogP contribution in [0.3, 0.4) is 0 Å². The maximum Gasteiger partial charge on any atom is 0.411 e. The molecule has 2 aromatic rings. The van der Waals surface area contributed by atoms with Gasteiger partial charge in [0, 0.05) is 36.6 Å². The number of ether oxygens (including phenoxy) is 4. The number of hydrogen-bond acceptors (Lipinski definition) is 6. The van der Waals surface area contributed by atoms with Gasteiger partial charge >= 0.3 is 6.09 Å². The zero-order valence-corrected chi connectivity index (χ0v) is 18.0. The molecule has 0 aliphatic heterocycles. The first-order valence-corrected chi connectivity index (χ1v) is 9.55. The first-order valence-electron chi connectivity index (χ1n) is 9.55. The summed E-state index contributed by atoms with van der Waals surface area (Å²) in [7, 11) is 4.64. The normalized spacial score (nSPS) is 10.3. The molecule has 0 spiro atoms. The van der Waals surface area contributed by atoms with E-state index < -0.39 is 6.09 Å². The monoisotopic (exact) mass is 402 g/mol. The van der Waals surface area contributed by atoms with Gasteiger partial charge in [0.1, 0.15) is 23.9 Å². The molecule has 29 heavy (non-hydrogen) atoms. The number of benzene rings is 2. The first-order chi connectivity index (χ1) is 14.0. The SMILES string of the molecule is CCN(CC)c1ccc(NC(=O)OCc2c(OC)cc(OC)cc2OC)c(C)c1. The highest BCUT2D eigenvalue weighted by atomic mass is 16.6. The van der Waals surface area contributed by atoms with E-state index in [1.54, 1.807) is 33.5 Å². The van der Waals surface area contributed by atoms with Crippen LogP contribution in [0.2, 0.25) is 0 Å². The molecule has 1 amide bonds. The lowest BCUT2D eigenvalue weighted by Gasteiger charge is -2.22. The number of nitrogens with zero attached hydrogens (tertiary/aromatic N) is 1. The third-order valence-electron chi connectivity index (χ3n) is 4.74. The zero-order valence-electron chi connectivity index (χ0n) is 18.0. The number of carbonyl (C=O) groups excluding carboxylic acids is 1. The Balaban J connectivity index is 2.09. The number of nitrogens with one attached hydrogen (secondary N) is 1. The van der Waals surface area contributed by atoms with Crippen molar-refractivity contribution in [1.82, 2.24) is 0 Å². The van der Waals surface area contributed by atoms with Crippen LogP contribution < -0.4 is 24.4 Å². The molecule has 2 rings (SSSR count). The van der Waals surface area contributed by atoms with Gasteiger partial charge < -0.3 is 23.8 Å². The van der Waals surface area contributed by atoms with Gasteiger partial charge in [-0.2, -0.15) is 0 Å². The van der Waals surface area contributed by atoms with Crippen molar-refractivity contribution in [1.29, 1.82) is 0 Å². The molecule has 0 unspecified atom stereocenters. The van der Waals surface area contributed by atoms with Gasteiger partial charge in [-0.05, 0) is 44.5 Å². The van der Waals surface area contributed by atoms with Crippen LogP contribution in [-0.4, -0.2) is 40.5 Å². The minimum atomic E-state index is -0.552. The Morgan fingerprint density at radius 1 is 0.966 bits per heavy atom. The van der Waals surface area contributed by atoms with Crippen molar-refractivity contribution >= 4 is 17.5 Å². The van der Waals surface area contributed by atoms with Crippen molar-refractivity contribution in [3.63, 3.8) is 0 Å². The van der Waals surface area contributed by atoms with Gasteiger partial charge in [0.25, 0.3) is 0 Å². The molecule has 2 aromatic carbocycles. The second-order valence-corrected chi connectivity index (χ2v) is 6.38. The van der Waals surface area contributed by atoms with Crippen LogP contribution in [0.25, 0.3) is 0 Å². The molecule has 0 atom stereocenters. The van der Waals surface area contributed by atoms with Crippen molar-refractivity contribution in [2.75, 3.05) is 44.6 Å². The van der Waals surface area contributed by atoms with Crippen molar-refractivity contribution in [3.8, 4) is 17.2 Å². The van der Waals surface area contributed by atoms with Crippen molar-refractivity contribution < 1.29 is 23.7 Å². The van der Waals surface area contributed by atoms with Crippen molar-refractivity contribution in [2.45, 2.75) is 27.4 Å². The van der Waals surface area contributed by atoms with Crippen LogP contribution in [0.1, 0.15) is 25.0 Å². The van der Waals surface area contributed by atoms with E-state index in [2.05, 4.69) is 30.1 Å². The number of hydrogen-bond donors (Lipinski definition) is 1. The van der Waals surface area contributed by atoms with Crippen molar-refractivity contribution in [2.24, 2.45) is 0 Å². The molecule has 0 aromatic heterocycles. The van der Waals surface area contributed by atoms with Crippen LogP contribution in [0.5, 0.6) is 17.2 Å². The number of rotatable bonds is 9. The molecule has 0 bridgehead atoms. The molecule has 0 aliphatic rings. The van der Waals surface area contributed by atoms with E-state index >= 15 is 0 Å². The topological polar surface area (TPSA) is 69.3 Å². The van der Waals surface area contributed by atoms with E-state index in [9.17, 15) is 4.79 Å². The largest absolute Gasteiger partial charge is 0.496 e. The maximum atomic E-state index is 12.3. The predicted molar refractivity (Wildman–Crippen MR) is 115 cm³/mol. The van der Waals surface area contributed by atoms with E-state index in [1.165, 1.54) is 0 Å². The van der Waals surface area contributed by atoms with E-state index in [0.717, 1.165) is 24.3 Å². The minimum absolute atomic E-state index is 0.00124. The summed E-state index contributed by atoms with van der Waals surface area (Å²) in [6.07, 6.45) is -0.552. The summed E-state index contributed by atoms with van der Waals surface area (Å²) >= 11 is 0. The second kappa shape index (κ2) is 10.5. The van der Waals surface area contributed by atoms with Gasteiger partial charge in [-0.15, -0.1) is 0 Å². The molecule has 7 nitrogen and oxygen atoms in total. The van der Waals surface area contributed by atoms with Crippen LogP contribution in [-0.2, 0) is 11.3 Å². The Labute approximate surface area is 172 Å².